The number of hydrogen-bond donors (Lipinski definition) is 1. The SMILES string of the molecule is CCOC(=O)/C=C/c1cnc(N[C@@H]2CCN(C(=O)CC3CCCCC3)C2)c(Cl)c1. The molecule has 2 fully saturated rings. The fourth-order valence-electron chi connectivity index (χ4n) is 4.07. The molecule has 29 heavy (non-hydrogen) atoms. The molecule has 1 N–H and O–H groups in total. The standard InChI is InChI=1S/C22H30ClN3O3/c1-2-29-21(28)9-8-17-12-19(23)22(24-14-17)25-18-10-11-26(15-18)20(27)13-16-6-4-3-5-7-16/h8-9,12,14,16,18H,2-7,10-11,13,15H2,1H3,(H,24,25)/b9-8+/t18-/m1/s1. The number of carbonyl (C=O) groups is 2. The first kappa shape index (κ1) is 21.6. The molecule has 1 atom stereocenters. The van der Waals surface area contributed by atoms with E-state index in [1.54, 1.807) is 25.3 Å². The molecule has 0 unspecified atom stereocenters. The van der Waals surface area contributed by atoms with Crippen LogP contribution >= 0.6 is 11.6 Å². The second-order valence-electron chi connectivity index (χ2n) is 7.86. The number of likely N-dealkylation sites (tertiary alicyclic amines) is 1. The molecular weight excluding hydrogens is 390 g/mol. The lowest BCUT2D eigenvalue weighted by molar-refractivity contribution is -0.137. The highest BCUT2D eigenvalue weighted by atomic mass is 35.5. The number of amides is 1. The normalized spacial score (nSPS) is 20.2. The van der Waals surface area contributed by atoms with Crippen LogP contribution in [-0.2, 0) is 14.3 Å². The van der Waals surface area contributed by atoms with Crippen LogP contribution in [0.3, 0.4) is 0 Å². The Labute approximate surface area is 177 Å². The van der Waals surface area contributed by atoms with E-state index in [1.807, 2.05) is 4.90 Å². The van der Waals surface area contributed by atoms with Crippen molar-refractivity contribution in [1.29, 1.82) is 0 Å². The zero-order valence-corrected chi connectivity index (χ0v) is 17.8. The van der Waals surface area contributed by atoms with Gasteiger partial charge in [0.05, 0.1) is 11.6 Å². The van der Waals surface area contributed by atoms with E-state index in [9.17, 15) is 9.59 Å². The number of nitrogens with zero attached hydrogens (tertiary/aromatic N) is 2. The molecule has 1 aromatic heterocycles. The smallest absolute Gasteiger partial charge is 0.330 e. The topological polar surface area (TPSA) is 71.5 Å². The van der Waals surface area contributed by atoms with E-state index >= 15 is 0 Å². The minimum Gasteiger partial charge on any atom is -0.463 e. The summed E-state index contributed by atoms with van der Waals surface area (Å²) in [5, 5.41) is 3.85. The van der Waals surface area contributed by atoms with Crippen LogP contribution in [0, 0.1) is 5.92 Å². The third-order valence-electron chi connectivity index (χ3n) is 5.63. The van der Waals surface area contributed by atoms with Crippen molar-refractivity contribution < 1.29 is 14.3 Å². The number of halogens is 1. The Bertz CT molecular complexity index is 747. The Morgan fingerprint density at radius 2 is 2.10 bits per heavy atom. The number of aromatic nitrogens is 1. The molecule has 158 valence electrons. The predicted octanol–water partition coefficient (Wildman–Crippen LogP) is 4.29. The van der Waals surface area contributed by atoms with Gasteiger partial charge in [-0.1, -0.05) is 30.9 Å². The summed E-state index contributed by atoms with van der Waals surface area (Å²) in [5.74, 6) is 1.05. The molecule has 3 rings (SSSR count). The molecule has 0 bridgehead atoms. The monoisotopic (exact) mass is 419 g/mol. The van der Waals surface area contributed by atoms with Crippen LogP contribution in [0.4, 0.5) is 5.82 Å². The van der Waals surface area contributed by atoms with Crippen LogP contribution < -0.4 is 5.32 Å². The lowest BCUT2D eigenvalue weighted by Crippen LogP contribution is -2.33. The van der Waals surface area contributed by atoms with Crippen LogP contribution in [0.1, 0.15) is 57.4 Å². The van der Waals surface area contributed by atoms with Gasteiger partial charge in [-0.25, -0.2) is 9.78 Å². The van der Waals surface area contributed by atoms with E-state index in [4.69, 9.17) is 16.3 Å². The zero-order chi connectivity index (χ0) is 20.6. The average molecular weight is 420 g/mol. The van der Waals surface area contributed by atoms with Gasteiger partial charge in [0, 0.05) is 37.8 Å². The van der Waals surface area contributed by atoms with Gasteiger partial charge < -0.3 is 15.0 Å². The van der Waals surface area contributed by atoms with Gasteiger partial charge in [0.2, 0.25) is 5.91 Å². The zero-order valence-electron chi connectivity index (χ0n) is 17.0. The number of carbonyl (C=O) groups excluding carboxylic acids is 2. The number of nitrogens with one attached hydrogen (secondary N) is 1. The van der Waals surface area contributed by atoms with Crippen molar-refractivity contribution in [3.05, 3.63) is 28.9 Å². The van der Waals surface area contributed by atoms with E-state index in [0.717, 1.165) is 18.5 Å². The second-order valence-corrected chi connectivity index (χ2v) is 8.27. The first-order chi connectivity index (χ1) is 14.0. The maximum absolute atomic E-state index is 12.6. The van der Waals surface area contributed by atoms with Crippen molar-refractivity contribution in [2.75, 3.05) is 25.0 Å². The number of ether oxygens (including phenoxy) is 1. The van der Waals surface area contributed by atoms with Gasteiger partial charge >= 0.3 is 5.97 Å². The summed E-state index contributed by atoms with van der Waals surface area (Å²) in [6, 6.07) is 1.91. The van der Waals surface area contributed by atoms with Crippen molar-refractivity contribution in [3.63, 3.8) is 0 Å². The Balaban J connectivity index is 1.50. The summed E-state index contributed by atoms with van der Waals surface area (Å²) in [4.78, 5) is 30.4. The highest BCUT2D eigenvalue weighted by Crippen LogP contribution is 2.28. The van der Waals surface area contributed by atoms with E-state index in [2.05, 4.69) is 10.3 Å². The van der Waals surface area contributed by atoms with Gasteiger partial charge in [0.25, 0.3) is 0 Å². The van der Waals surface area contributed by atoms with Crippen LogP contribution in [0.25, 0.3) is 6.08 Å². The summed E-state index contributed by atoms with van der Waals surface area (Å²) >= 11 is 6.36. The Morgan fingerprint density at radius 3 is 2.83 bits per heavy atom. The Morgan fingerprint density at radius 1 is 1.31 bits per heavy atom. The number of hydrogen-bond acceptors (Lipinski definition) is 5. The van der Waals surface area contributed by atoms with Crippen molar-refractivity contribution >= 4 is 35.4 Å². The number of esters is 1. The first-order valence-corrected chi connectivity index (χ1v) is 11.0. The molecule has 1 saturated heterocycles. The molecule has 1 aliphatic carbocycles. The third-order valence-corrected chi connectivity index (χ3v) is 5.92. The van der Waals surface area contributed by atoms with Gasteiger partial charge in [-0.15, -0.1) is 0 Å². The number of anilines is 1. The molecule has 1 saturated carbocycles. The minimum atomic E-state index is -0.394. The quantitative estimate of drug-likeness (QED) is 0.527. The highest BCUT2D eigenvalue weighted by molar-refractivity contribution is 6.33. The summed E-state index contributed by atoms with van der Waals surface area (Å²) in [6.45, 7) is 3.57. The van der Waals surface area contributed by atoms with Gasteiger partial charge in [-0.2, -0.15) is 0 Å². The van der Waals surface area contributed by atoms with Crippen LogP contribution in [-0.4, -0.2) is 47.5 Å². The lowest BCUT2D eigenvalue weighted by Gasteiger charge is -2.24. The largest absolute Gasteiger partial charge is 0.463 e. The van der Waals surface area contributed by atoms with E-state index in [0.29, 0.717) is 36.3 Å². The lowest BCUT2D eigenvalue weighted by atomic mass is 9.87. The Kier molecular flexibility index (Phi) is 7.92. The van der Waals surface area contributed by atoms with Crippen molar-refractivity contribution in [1.82, 2.24) is 9.88 Å². The molecule has 1 aromatic rings. The average Bonchev–Trinajstić information content (AvgIpc) is 3.18. The minimum absolute atomic E-state index is 0.149. The van der Waals surface area contributed by atoms with E-state index < -0.39 is 5.97 Å². The second kappa shape index (κ2) is 10.6. The molecule has 2 aliphatic rings. The summed E-state index contributed by atoms with van der Waals surface area (Å²) in [7, 11) is 0. The van der Waals surface area contributed by atoms with Crippen LogP contribution in [0.5, 0.6) is 0 Å². The molecule has 6 nitrogen and oxygen atoms in total. The molecule has 2 heterocycles. The fraction of sp³-hybridized carbons (Fsp3) is 0.591. The maximum atomic E-state index is 12.6. The molecule has 1 aliphatic heterocycles. The summed E-state index contributed by atoms with van der Waals surface area (Å²) in [5.41, 5.74) is 0.726. The molecule has 0 aromatic carbocycles. The maximum Gasteiger partial charge on any atom is 0.330 e. The molecule has 0 spiro atoms. The first-order valence-electron chi connectivity index (χ1n) is 10.6. The van der Waals surface area contributed by atoms with Crippen molar-refractivity contribution in [3.8, 4) is 0 Å². The van der Waals surface area contributed by atoms with Crippen LogP contribution in [0.15, 0.2) is 18.3 Å². The van der Waals surface area contributed by atoms with Gasteiger partial charge in [0.1, 0.15) is 5.82 Å². The number of rotatable bonds is 7. The predicted molar refractivity (Wildman–Crippen MR) is 115 cm³/mol. The highest BCUT2D eigenvalue weighted by Gasteiger charge is 2.28. The molecule has 0 radical (unpaired) electrons. The van der Waals surface area contributed by atoms with E-state index in [-0.39, 0.29) is 11.9 Å². The molecular formula is C22H30ClN3O3. The van der Waals surface area contributed by atoms with Gasteiger partial charge in [0.15, 0.2) is 0 Å². The molecule has 7 heteroatoms. The van der Waals surface area contributed by atoms with Crippen molar-refractivity contribution in [2.24, 2.45) is 5.92 Å². The Hall–Kier alpha value is -2.08. The summed E-state index contributed by atoms with van der Waals surface area (Å²) in [6.07, 6.45) is 12.4. The van der Waals surface area contributed by atoms with Crippen molar-refractivity contribution in [2.45, 2.75) is 57.9 Å². The number of pyridine rings is 1. The fourth-order valence-corrected chi connectivity index (χ4v) is 4.30. The van der Waals surface area contributed by atoms with E-state index in [1.165, 1.54) is 38.2 Å². The van der Waals surface area contributed by atoms with Gasteiger partial charge in [-0.05, 0) is 49.8 Å². The third kappa shape index (κ3) is 6.46. The molecule has 1 amide bonds. The van der Waals surface area contributed by atoms with Gasteiger partial charge in [-0.3, -0.25) is 4.79 Å². The summed E-state index contributed by atoms with van der Waals surface area (Å²) < 4.78 is 4.86. The van der Waals surface area contributed by atoms with Crippen LogP contribution in [0.2, 0.25) is 5.02 Å².